The number of anilines is 1. The molecule has 0 aliphatic rings. The van der Waals surface area contributed by atoms with Gasteiger partial charge in [0, 0.05) is 16.3 Å². The maximum Gasteiger partial charge on any atom is 0.180 e. The molecule has 0 saturated carbocycles. The second-order valence-corrected chi connectivity index (χ2v) is 5.72. The van der Waals surface area contributed by atoms with Gasteiger partial charge in [0.2, 0.25) is 0 Å². The third kappa shape index (κ3) is 2.14. The van der Waals surface area contributed by atoms with Crippen molar-refractivity contribution in [2.75, 3.05) is 5.73 Å². The van der Waals surface area contributed by atoms with Crippen molar-refractivity contribution in [2.45, 2.75) is 6.92 Å². The first-order valence-corrected chi connectivity index (χ1v) is 7.22. The summed E-state index contributed by atoms with van der Waals surface area (Å²) in [5, 5.41) is 5.48. The fraction of sp³-hybridized carbons (Fsp3) is 0.0769. The maximum absolute atomic E-state index is 5.63. The van der Waals surface area contributed by atoms with Crippen molar-refractivity contribution >= 4 is 27.8 Å². The van der Waals surface area contributed by atoms with Crippen LogP contribution >= 0.6 is 22.7 Å². The van der Waals surface area contributed by atoms with Crippen molar-refractivity contribution < 1.29 is 0 Å². The molecule has 0 unspecified atom stereocenters. The number of hydrogen-bond acceptors (Lipinski definition) is 5. The number of aromatic nitrogens is 2. The van der Waals surface area contributed by atoms with Crippen LogP contribution in [0.25, 0.3) is 22.0 Å². The summed E-state index contributed by atoms with van der Waals surface area (Å²) in [6.07, 6.45) is 0. The van der Waals surface area contributed by atoms with Gasteiger partial charge in [0.1, 0.15) is 10.7 Å². The van der Waals surface area contributed by atoms with Crippen molar-refractivity contribution in [3.63, 3.8) is 0 Å². The Kier molecular flexibility index (Phi) is 2.85. The Hall–Kier alpha value is -1.72. The van der Waals surface area contributed by atoms with Gasteiger partial charge in [-0.25, -0.2) is 9.97 Å². The predicted molar refractivity (Wildman–Crippen MR) is 77.8 cm³/mol. The number of aryl methyl sites for hydroxylation is 1. The molecule has 2 heterocycles. The van der Waals surface area contributed by atoms with E-state index in [9.17, 15) is 0 Å². The van der Waals surface area contributed by atoms with Crippen molar-refractivity contribution in [2.24, 2.45) is 0 Å². The largest absolute Gasteiger partial charge is 0.375 e. The third-order valence-corrected chi connectivity index (χ3v) is 4.13. The van der Waals surface area contributed by atoms with Gasteiger partial charge in [0.15, 0.2) is 5.13 Å². The van der Waals surface area contributed by atoms with Gasteiger partial charge in [-0.1, -0.05) is 29.8 Å². The lowest BCUT2D eigenvalue weighted by molar-refractivity contribution is 1.34. The summed E-state index contributed by atoms with van der Waals surface area (Å²) in [6.45, 7) is 2.08. The lowest BCUT2D eigenvalue weighted by Crippen LogP contribution is -1.83. The van der Waals surface area contributed by atoms with Crippen LogP contribution in [0.1, 0.15) is 5.56 Å². The number of thiazole rings is 2. The Bertz CT molecular complexity index is 668. The van der Waals surface area contributed by atoms with Crippen LogP contribution in [0.4, 0.5) is 5.13 Å². The number of nitrogens with zero attached hydrogens (tertiary/aromatic N) is 2. The van der Waals surface area contributed by atoms with E-state index >= 15 is 0 Å². The molecule has 0 saturated heterocycles. The van der Waals surface area contributed by atoms with E-state index in [0.29, 0.717) is 5.13 Å². The number of hydrogen-bond donors (Lipinski definition) is 1. The lowest BCUT2D eigenvalue weighted by atomic mass is 10.1. The van der Waals surface area contributed by atoms with E-state index in [1.54, 1.807) is 11.3 Å². The highest BCUT2D eigenvalue weighted by molar-refractivity contribution is 7.15. The number of nitrogens with two attached hydrogens (primary N) is 1. The smallest absolute Gasteiger partial charge is 0.180 e. The highest BCUT2D eigenvalue weighted by atomic mass is 32.1. The van der Waals surface area contributed by atoms with E-state index in [-0.39, 0.29) is 0 Å². The Balaban J connectivity index is 1.96. The van der Waals surface area contributed by atoms with Crippen LogP contribution in [0.5, 0.6) is 0 Å². The molecule has 2 aromatic heterocycles. The van der Waals surface area contributed by atoms with Gasteiger partial charge in [0.05, 0.1) is 5.69 Å². The zero-order valence-electron chi connectivity index (χ0n) is 9.75. The molecular formula is C13H11N3S2. The molecule has 0 bridgehead atoms. The van der Waals surface area contributed by atoms with Crippen molar-refractivity contribution in [1.82, 2.24) is 9.97 Å². The Labute approximate surface area is 113 Å². The minimum atomic E-state index is 0.581. The summed E-state index contributed by atoms with van der Waals surface area (Å²) in [6, 6.07) is 8.36. The predicted octanol–water partition coefficient (Wildman–Crippen LogP) is 3.82. The molecule has 0 atom stereocenters. The van der Waals surface area contributed by atoms with E-state index in [0.717, 1.165) is 22.0 Å². The van der Waals surface area contributed by atoms with E-state index in [1.165, 1.54) is 16.9 Å². The molecule has 0 amide bonds. The monoisotopic (exact) mass is 273 g/mol. The third-order valence-electron chi connectivity index (χ3n) is 2.59. The normalized spacial score (nSPS) is 10.7. The maximum atomic E-state index is 5.63. The van der Waals surface area contributed by atoms with Gasteiger partial charge in [0.25, 0.3) is 0 Å². The first kappa shape index (κ1) is 11.4. The van der Waals surface area contributed by atoms with Crippen LogP contribution in [0, 0.1) is 6.92 Å². The molecule has 3 nitrogen and oxygen atoms in total. The fourth-order valence-corrected chi connectivity index (χ4v) is 3.04. The number of rotatable bonds is 2. The first-order chi connectivity index (χ1) is 8.72. The summed E-state index contributed by atoms with van der Waals surface area (Å²) < 4.78 is 0. The SMILES string of the molecule is Cc1ccc(-c2csc(-c3csc(N)n3)n2)cc1. The molecule has 3 aromatic rings. The van der Waals surface area contributed by atoms with Gasteiger partial charge >= 0.3 is 0 Å². The molecule has 0 aliphatic heterocycles. The average molecular weight is 273 g/mol. The van der Waals surface area contributed by atoms with Gasteiger partial charge in [-0.2, -0.15) is 0 Å². The van der Waals surface area contributed by atoms with Crippen LogP contribution in [-0.2, 0) is 0 Å². The second kappa shape index (κ2) is 4.51. The molecule has 1 aromatic carbocycles. The summed E-state index contributed by atoms with van der Waals surface area (Å²) in [4.78, 5) is 8.85. The summed E-state index contributed by atoms with van der Waals surface area (Å²) in [7, 11) is 0. The molecule has 0 fully saturated rings. The standard InChI is InChI=1S/C13H11N3S2/c1-8-2-4-9(5-3-8)10-6-17-12(15-10)11-7-18-13(14)16-11/h2-7H,1H3,(H2,14,16). The van der Waals surface area contributed by atoms with Crippen LogP contribution in [0.15, 0.2) is 35.0 Å². The van der Waals surface area contributed by atoms with Crippen LogP contribution in [0.2, 0.25) is 0 Å². The summed E-state index contributed by atoms with van der Waals surface area (Å²) in [5.41, 5.74) is 9.87. The molecule has 0 radical (unpaired) electrons. The molecule has 0 spiro atoms. The minimum absolute atomic E-state index is 0.581. The zero-order chi connectivity index (χ0) is 12.5. The van der Waals surface area contributed by atoms with Gasteiger partial charge < -0.3 is 5.73 Å². The summed E-state index contributed by atoms with van der Waals surface area (Å²) >= 11 is 3.03. The highest BCUT2D eigenvalue weighted by Gasteiger charge is 2.09. The van der Waals surface area contributed by atoms with Gasteiger partial charge in [-0.15, -0.1) is 22.7 Å². The molecule has 3 rings (SSSR count). The Morgan fingerprint density at radius 3 is 2.33 bits per heavy atom. The van der Waals surface area contributed by atoms with Crippen LogP contribution in [0.3, 0.4) is 0 Å². The van der Waals surface area contributed by atoms with Gasteiger partial charge in [-0.3, -0.25) is 0 Å². The van der Waals surface area contributed by atoms with Crippen LogP contribution < -0.4 is 5.73 Å². The van der Waals surface area contributed by atoms with Crippen molar-refractivity contribution in [3.05, 3.63) is 40.6 Å². The van der Waals surface area contributed by atoms with E-state index in [4.69, 9.17) is 5.73 Å². The second-order valence-electron chi connectivity index (χ2n) is 3.97. The van der Waals surface area contributed by atoms with Crippen molar-refractivity contribution in [1.29, 1.82) is 0 Å². The molecular weight excluding hydrogens is 262 g/mol. The molecule has 0 aliphatic carbocycles. The minimum Gasteiger partial charge on any atom is -0.375 e. The molecule has 5 heteroatoms. The zero-order valence-corrected chi connectivity index (χ0v) is 11.4. The van der Waals surface area contributed by atoms with Crippen molar-refractivity contribution in [3.8, 4) is 22.0 Å². The van der Waals surface area contributed by atoms with Crippen LogP contribution in [-0.4, -0.2) is 9.97 Å². The first-order valence-electron chi connectivity index (χ1n) is 5.46. The van der Waals surface area contributed by atoms with E-state index < -0.39 is 0 Å². The molecule has 90 valence electrons. The Morgan fingerprint density at radius 1 is 0.944 bits per heavy atom. The quantitative estimate of drug-likeness (QED) is 0.772. The fourth-order valence-electron chi connectivity index (χ4n) is 1.63. The van der Waals surface area contributed by atoms with Gasteiger partial charge in [-0.05, 0) is 6.92 Å². The number of nitrogen functional groups attached to an aromatic ring is 1. The highest BCUT2D eigenvalue weighted by Crippen LogP contribution is 2.30. The molecule has 18 heavy (non-hydrogen) atoms. The van der Waals surface area contributed by atoms with E-state index in [1.807, 2.05) is 5.38 Å². The Morgan fingerprint density at radius 2 is 1.67 bits per heavy atom. The summed E-state index contributed by atoms with van der Waals surface area (Å²) in [5.74, 6) is 0. The lowest BCUT2D eigenvalue weighted by Gasteiger charge is -1.96. The molecule has 2 N–H and O–H groups in total. The topological polar surface area (TPSA) is 51.8 Å². The average Bonchev–Trinajstić information content (AvgIpc) is 2.98. The van der Waals surface area contributed by atoms with E-state index in [2.05, 4.69) is 46.5 Å². The number of benzene rings is 1.